The minimum atomic E-state index is -10.7. The van der Waals surface area contributed by atoms with Gasteiger partial charge in [-0.25, -0.2) is 4.79 Å². The van der Waals surface area contributed by atoms with Gasteiger partial charge >= 0.3 is 50.3 Å². The van der Waals surface area contributed by atoms with Crippen LogP contribution in [0.15, 0.2) is 37.0 Å². The maximum absolute atomic E-state index is 10.7. The molecule has 1 rings (SSSR count). The van der Waals surface area contributed by atoms with Crippen molar-refractivity contribution in [2.75, 3.05) is 47.9 Å². The van der Waals surface area contributed by atoms with E-state index in [0.29, 0.717) is 0 Å². The Labute approximate surface area is 206 Å². The molecule has 1 aliphatic rings. The van der Waals surface area contributed by atoms with Crippen LogP contribution in [0.1, 0.15) is 0 Å². The largest absolute Gasteiger partial charge is 0.0767 e. The van der Waals surface area contributed by atoms with Gasteiger partial charge in [-0.3, -0.25) is 0 Å². The number of carbonyl (C=O) groups excluding carboxylic acids is 1. The number of halogens is 6. The molecule has 0 spiro atoms. The predicted octanol–water partition coefficient (Wildman–Crippen LogP) is 7.20. The van der Waals surface area contributed by atoms with Crippen LogP contribution in [0.3, 0.4) is 0 Å². The molecule has 17 heteroatoms. The summed E-state index contributed by atoms with van der Waals surface area (Å²) in [5, 5.41) is 0. The fourth-order valence-corrected chi connectivity index (χ4v) is 3.42. The number of allylic oxidation sites excluding steroid dienone is 4. The van der Waals surface area contributed by atoms with Gasteiger partial charge in [0.25, 0.3) is 0 Å². The van der Waals surface area contributed by atoms with Crippen LogP contribution in [0.5, 0.6) is 0 Å². The normalized spacial score (nSPS) is 13.1. The Balaban J connectivity index is -0.000000107. The Kier molecular flexibility index (Phi) is 29.0. The van der Waals surface area contributed by atoms with Crippen molar-refractivity contribution in [2.24, 2.45) is 0 Å². The molecule has 33 heavy (non-hydrogen) atoms. The van der Waals surface area contributed by atoms with Gasteiger partial charge in [0.2, 0.25) is 0 Å². The summed E-state index contributed by atoms with van der Waals surface area (Å²) in [5.74, 6) is -0.394. The summed E-state index contributed by atoms with van der Waals surface area (Å²) < 4.78 is 91.2. The van der Waals surface area contributed by atoms with Crippen LogP contribution in [0.2, 0.25) is 0 Å². The van der Waals surface area contributed by atoms with Crippen LogP contribution < -0.4 is 0 Å². The molecule has 0 amide bonds. The number of esters is 1. The molecule has 197 valence electrons. The van der Waals surface area contributed by atoms with Crippen LogP contribution in [0.25, 0.3) is 0 Å². The number of hydrogen-bond donors (Lipinski definition) is 0. The molecule has 0 fully saturated rings. The van der Waals surface area contributed by atoms with Gasteiger partial charge in [-0.1, -0.05) is 30.9 Å². The molecule has 1 radical (unpaired) electrons. The molecule has 0 heterocycles. The SMILES string of the molecule is C=CC(=O)OC.COP(CCP(OC)OC)OC.F[P-](F)(F)(F)(F)F.[C-]#[O+].[CH]1C=CC=C1.[Mo]. The summed E-state index contributed by atoms with van der Waals surface area (Å²) in [5.41, 5.74) is 0. The van der Waals surface area contributed by atoms with Gasteiger partial charge in [-0.15, -0.1) is 0 Å². The summed E-state index contributed by atoms with van der Waals surface area (Å²) in [6.45, 7) is 7.66. The molecule has 0 saturated heterocycles. The Morgan fingerprint density at radius 1 is 0.848 bits per heavy atom. The molecule has 1 aliphatic carbocycles. The van der Waals surface area contributed by atoms with Crippen molar-refractivity contribution in [1.29, 1.82) is 0 Å². The topological polar surface area (TPSA) is 83.1 Å². The van der Waals surface area contributed by atoms with Crippen molar-refractivity contribution in [3.05, 3.63) is 50.0 Å². The first-order valence-corrected chi connectivity index (χ1v) is 12.6. The Hall–Kier alpha value is -0.172. The number of rotatable bonds is 8. The number of ether oxygens (including phenoxy) is 1. The average Bonchev–Trinajstić information content (AvgIpc) is 3.31. The molecule has 0 N–H and O–H groups in total. The summed E-state index contributed by atoms with van der Waals surface area (Å²) in [6, 6.07) is 0. The Morgan fingerprint density at radius 2 is 1.12 bits per heavy atom. The van der Waals surface area contributed by atoms with E-state index in [1.54, 1.807) is 28.4 Å². The zero-order chi connectivity index (χ0) is 26.3. The van der Waals surface area contributed by atoms with Gasteiger partial charge in [0.15, 0.2) is 16.8 Å². The average molecular weight is 634 g/mol. The Bertz CT molecular complexity index is 534. The van der Waals surface area contributed by atoms with Crippen LogP contribution in [-0.2, 0) is 53.3 Å². The number of methoxy groups -OCH3 is 1. The van der Waals surface area contributed by atoms with Gasteiger partial charge in [0.1, 0.15) is 0 Å². The second kappa shape index (κ2) is 22.3. The second-order valence-corrected chi connectivity index (χ2v) is 10.1. The molecule has 0 atom stereocenters. The van der Waals surface area contributed by atoms with Gasteiger partial charge in [0.05, 0.1) is 7.11 Å². The van der Waals surface area contributed by atoms with E-state index < -0.39 is 30.5 Å². The maximum Gasteiger partial charge on any atom is 0.00506 e. The summed E-state index contributed by atoms with van der Waals surface area (Å²) in [7, 11) is -4.24. The third kappa shape index (κ3) is 59.4. The van der Waals surface area contributed by atoms with E-state index in [1.807, 2.05) is 30.7 Å². The second-order valence-electron chi connectivity index (χ2n) is 4.49. The zero-order valence-corrected chi connectivity index (χ0v) is 23.2. The van der Waals surface area contributed by atoms with E-state index >= 15 is 0 Å². The summed E-state index contributed by atoms with van der Waals surface area (Å²) >= 11 is 0. The molecule has 7 nitrogen and oxygen atoms in total. The predicted molar refractivity (Wildman–Crippen MR) is 114 cm³/mol. The van der Waals surface area contributed by atoms with E-state index in [2.05, 4.69) is 18.0 Å². The van der Waals surface area contributed by atoms with Crippen LogP contribution >= 0.6 is 24.6 Å². The molecular formula is C16H27F6MoO7P3-. The van der Waals surface area contributed by atoms with Gasteiger partial charge < -0.3 is 22.8 Å². The minimum Gasteiger partial charge on any atom is -0.0767 e. The monoisotopic (exact) mass is 636 g/mol. The fourth-order valence-electron chi connectivity index (χ4n) is 1.08. The number of carbonyl (C=O) groups is 1. The van der Waals surface area contributed by atoms with E-state index in [1.165, 1.54) is 7.11 Å². The first-order chi connectivity index (χ1) is 14.5. The molecule has 0 saturated carbocycles. The third-order valence-electron chi connectivity index (χ3n) is 2.20. The first-order valence-electron chi connectivity index (χ1n) is 7.89. The Morgan fingerprint density at radius 3 is 1.21 bits per heavy atom. The first kappa shape index (κ1) is 42.9. The van der Waals surface area contributed by atoms with E-state index in [-0.39, 0.29) is 21.1 Å². The fraction of sp³-hybridized carbons (Fsp3) is 0.438. The zero-order valence-electron chi connectivity index (χ0n) is 18.5. The van der Waals surface area contributed by atoms with E-state index in [4.69, 9.17) is 22.7 Å². The van der Waals surface area contributed by atoms with Gasteiger partial charge in [-0.05, 0) is 0 Å². The standard InChI is InChI=1S/C6H16O4P2.C5H5.C4H6O2.CO.F6P.Mo/c1-7-11(8-2)5-6-12(9-3)10-4;1-2-4-5-3-1;1-3-4(5)6-2;1-2;1-7(2,3,4,5)6;/h5-6H2,1-4H3;1-5H;3H,1H2,2H3;;;/q;;;;-1;. The quantitative estimate of drug-likeness (QED) is 0.0535. The van der Waals surface area contributed by atoms with Crippen LogP contribution in [-0.4, -0.2) is 53.8 Å². The van der Waals surface area contributed by atoms with Crippen LogP contribution in [0.4, 0.5) is 25.2 Å². The van der Waals surface area contributed by atoms with Crippen molar-refractivity contribution < 1.29 is 78.5 Å². The summed E-state index contributed by atoms with van der Waals surface area (Å²) in [4.78, 5) is 9.84. The van der Waals surface area contributed by atoms with Gasteiger partial charge in [-0.2, -0.15) is 0 Å². The van der Waals surface area contributed by atoms with Crippen molar-refractivity contribution in [2.45, 2.75) is 0 Å². The van der Waals surface area contributed by atoms with Crippen molar-refractivity contribution in [1.82, 2.24) is 0 Å². The molecule has 0 bridgehead atoms. The molecular weight excluding hydrogens is 607 g/mol. The maximum atomic E-state index is 9.87. The molecule has 0 aliphatic heterocycles. The van der Waals surface area contributed by atoms with Crippen molar-refractivity contribution >= 4 is 30.5 Å². The molecule has 0 aromatic heterocycles. The van der Waals surface area contributed by atoms with E-state index in [9.17, 15) is 30.0 Å². The molecule has 0 aromatic carbocycles. The minimum absolute atomic E-state index is 0. The molecule has 0 unspecified atom stereocenters. The van der Waals surface area contributed by atoms with E-state index in [0.717, 1.165) is 18.4 Å². The van der Waals surface area contributed by atoms with Crippen molar-refractivity contribution in [3.63, 3.8) is 0 Å². The van der Waals surface area contributed by atoms with Crippen molar-refractivity contribution in [3.8, 4) is 0 Å². The number of hydrogen-bond acceptors (Lipinski definition) is 6. The summed E-state index contributed by atoms with van der Waals surface area (Å²) in [6.07, 6.45) is 12.8. The smallest absolute Gasteiger partial charge is 0.00506 e. The van der Waals surface area contributed by atoms with Gasteiger partial charge in [0, 0.05) is 74.3 Å². The third-order valence-corrected chi connectivity index (χ3v) is 5.36. The molecule has 0 aromatic rings. The van der Waals surface area contributed by atoms with Crippen LogP contribution in [0, 0.1) is 13.1 Å².